The summed E-state index contributed by atoms with van der Waals surface area (Å²) in [4.78, 5) is 24.4. The molecule has 1 saturated heterocycles. The second kappa shape index (κ2) is 5.39. The first-order valence-electron chi connectivity index (χ1n) is 5.59. The molecule has 6 heteroatoms. The van der Waals surface area contributed by atoms with E-state index in [4.69, 9.17) is 5.11 Å². The van der Waals surface area contributed by atoms with Gasteiger partial charge in [0.05, 0.1) is 5.69 Å². The van der Waals surface area contributed by atoms with Crippen LogP contribution in [0.5, 0.6) is 0 Å². The van der Waals surface area contributed by atoms with Gasteiger partial charge in [0.15, 0.2) is 0 Å². The molecule has 0 aliphatic carbocycles. The molecule has 0 spiro atoms. The van der Waals surface area contributed by atoms with E-state index >= 15 is 0 Å². The van der Waals surface area contributed by atoms with Crippen LogP contribution < -0.4 is 10.2 Å². The lowest BCUT2D eigenvalue weighted by molar-refractivity contribution is -0.141. The van der Waals surface area contributed by atoms with Gasteiger partial charge in [-0.1, -0.05) is 12.1 Å². The van der Waals surface area contributed by atoms with Crippen molar-refractivity contribution in [2.75, 3.05) is 18.0 Å². The number of carboxylic acids is 1. The highest BCUT2D eigenvalue weighted by Gasteiger charge is 2.27. The van der Waals surface area contributed by atoms with Gasteiger partial charge in [0, 0.05) is 24.0 Å². The van der Waals surface area contributed by atoms with Gasteiger partial charge in [-0.3, -0.25) is 4.79 Å². The zero-order chi connectivity index (χ0) is 13.1. The Labute approximate surface area is 113 Å². The Morgan fingerprint density at radius 1 is 1.44 bits per heavy atom. The number of carbonyl (C=O) groups excluding carboxylic acids is 1. The molecule has 0 aromatic heterocycles. The van der Waals surface area contributed by atoms with Crippen molar-refractivity contribution in [1.29, 1.82) is 0 Å². The molecule has 96 valence electrons. The van der Waals surface area contributed by atoms with Crippen molar-refractivity contribution in [3.05, 3.63) is 28.7 Å². The number of halogens is 1. The van der Waals surface area contributed by atoms with Crippen molar-refractivity contribution >= 4 is 33.5 Å². The fraction of sp³-hybridized carbons (Fsp3) is 0.333. The van der Waals surface area contributed by atoms with Crippen molar-refractivity contribution in [3.63, 3.8) is 0 Å². The first-order chi connectivity index (χ1) is 8.58. The number of hydrogen-bond acceptors (Lipinski definition) is 3. The largest absolute Gasteiger partial charge is 0.480 e. The van der Waals surface area contributed by atoms with Gasteiger partial charge in [-0.2, -0.15) is 0 Å². The smallest absolute Gasteiger partial charge is 0.328 e. The van der Waals surface area contributed by atoms with Crippen molar-refractivity contribution in [2.24, 2.45) is 0 Å². The number of nitrogens with zero attached hydrogens (tertiary/aromatic N) is 1. The van der Waals surface area contributed by atoms with E-state index in [0.29, 0.717) is 13.0 Å². The van der Waals surface area contributed by atoms with Crippen molar-refractivity contribution in [1.82, 2.24) is 5.32 Å². The number of para-hydroxylation sites is 1. The van der Waals surface area contributed by atoms with Crippen LogP contribution in [0.2, 0.25) is 0 Å². The van der Waals surface area contributed by atoms with Crippen LogP contribution in [-0.2, 0) is 9.59 Å². The highest BCUT2D eigenvalue weighted by molar-refractivity contribution is 9.10. The quantitative estimate of drug-likeness (QED) is 0.861. The summed E-state index contributed by atoms with van der Waals surface area (Å²) in [5.74, 6) is -1.24. The Hall–Kier alpha value is -1.56. The van der Waals surface area contributed by atoms with Crippen LogP contribution in [0.1, 0.15) is 6.42 Å². The van der Waals surface area contributed by atoms with Crippen molar-refractivity contribution in [3.8, 4) is 0 Å². The van der Waals surface area contributed by atoms with Crippen LogP contribution in [0, 0.1) is 0 Å². The summed E-state index contributed by atoms with van der Waals surface area (Å²) < 4.78 is 0.892. The summed E-state index contributed by atoms with van der Waals surface area (Å²) in [5, 5.41) is 11.6. The number of rotatable bonds is 2. The Kier molecular flexibility index (Phi) is 3.86. The van der Waals surface area contributed by atoms with E-state index in [-0.39, 0.29) is 12.5 Å². The van der Waals surface area contributed by atoms with Crippen molar-refractivity contribution < 1.29 is 14.7 Å². The second-order valence-electron chi connectivity index (χ2n) is 4.11. The van der Waals surface area contributed by atoms with Gasteiger partial charge in [-0.15, -0.1) is 0 Å². The first-order valence-corrected chi connectivity index (χ1v) is 6.39. The third-order valence-corrected chi connectivity index (χ3v) is 3.51. The Balaban J connectivity index is 2.25. The van der Waals surface area contributed by atoms with Gasteiger partial charge in [-0.05, 0) is 28.1 Å². The normalized spacial score (nSPS) is 20.2. The minimum Gasteiger partial charge on any atom is -0.480 e. The number of benzene rings is 1. The number of amides is 1. The summed E-state index contributed by atoms with van der Waals surface area (Å²) in [6.45, 7) is 0.780. The van der Waals surface area contributed by atoms with Gasteiger partial charge in [0.1, 0.15) is 6.04 Å². The molecular formula is C12H13BrN2O3. The van der Waals surface area contributed by atoms with E-state index in [9.17, 15) is 9.59 Å². The monoisotopic (exact) mass is 312 g/mol. The molecular weight excluding hydrogens is 300 g/mol. The molecule has 2 rings (SSSR count). The molecule has 1 aliphatic heterocycles. The maximum atomic E-state index is 11.4. The molecule has 2 N–H and O–H groups in total. The topological polar surface area (TPSA) is 69.6 Å². The molecule has 1 unspecified atom stereocenters. The van der Waals surface area contributed by atoms with Crippen molar-refractivity contribution in [2.45, 2.75) is 12.5 Å². The van der Waals surface area contributed by atoms with Gasteiger partial charge in [-0.25, -0.2) is 4.79 Å². The first kappa shape index (κ1) is 12.9. The number of aliphatic carboxylic acids is 1. The molecule has 5 nitrogen and oxygen atoms in total. The van der Waals surface area contributed by atoms with Crippen LogP contribution in [0.15, 0.2) is 28.7 Å². The molecule has 1 aromatic carbocycles. The molecule has 0 saturated carbocycles. The maximum absolute atomic E-state index is 11.4. The number of carbonyl (C=O) groups is 2. The number of carboxylic acid groups (broad SMARTS) is 1. The van der Waals surface area contributed by atoms with Crippen LogP contribution >= 0.6 is 15.9 Å². The van der Waals surface area contributed by atoms with Gasteiger partial charge in [0.2, 0.25) is 5.91 Å². The SMILES string of the molecule is O=C1CCN(c2ccccc2Br)CC(C(=O)O)N1. The van der Waals surface area contributed by atoms with Crippen LogP contribution in [0.25, 0.3) is 0 Å². The van der Waals surface area contributed by atoms with Crippen LogP contribution in [0.3, 0.4) is 0 Å². The van der Waals surface area contributed by atoms with Gasteiger partial charge in [0.25, 0.3) is 0 Å². The zero-order valence-corrected chi connectivity index (χ0v) is 11.2. The molecule has 1 heterocycles. The molecule has 1 amide bonds. The number of hydrogen-bond donors (Lipinski definition) is 2. The lowest BCUT2D eigenvalue weighted by Crippen LogP contribution is -2.45. The highest BCUT2D eigenvalue weighted by atomic mass is 79.9. The third-order valence-electron chi connectivity index (χ3n) is 2.84. The summed E-state index contributed by atoms with van der Waals surface area (Å²) in [5.41, 5.74) is 0.903. The molecule has 18 heavy (non-hydrogen) atoms. The molecule has 1 atom stereocenters. The molecule has 1 aromatic rings. The summed E-state index contributed by atoms with van der Waals surface area (Å²) in [6, 6.07) is 6.70. The Morgan fingerprint density at radius 3 is 2.83 bits per heavy atom. The summed E-state index contributed by atoms with van der Waals surface area (Å²) >= 11 is 3.43. The van der Waals surface area contributed by atoms with Gasteiger partial charge < -0.3 is 15.3 Å². The Morgan fingerprint density at radius 2 is 2.17 bits per heavy atom. The second-order valence-corrected chi connectivity index (χ2v) is 4.96. The zero-order valence-electron chi connectivity index (χ0n) is 9.60. The average molecular weight is 313 g/mol. The van der Waals surface area contributed by atoms with Crippen LogP contribution in [0.4, 0.5) is 5.69 Å². The fourth-order valence-corrected chi connectivity index (χ4v) is 2.46. The molecule has 1 aliphatic rings. The summed E-state index contributed by atoms with van der Waals surface area (Å²) in [6.07, 6.45) is 0.297. The highest BCUT2D eigenvalue weighted by Crippen LogP contribution is 2.26. The molecule has 1 fully saturated rings. The van der Waals surface area contributed by atoms with E-state index in [0.717, 1.165) is 10.2 Å². The fourth-order valence-electron chi connectivity index (χ4n) is 1.93. The van der Waals surface area contributed by atoms with E-state index in [2.05, 4.69) is 21.2 Å². The van der Waals surface area contributed by atoms with E-state index in [1.165, 1.54) is 0 Å². The Bertz CT molecular complexity index is 478. The average Bonchev–Trinajstić information content (AvgIpc) is 2.52. The minimum absolute atomic E-state index is 0.225. The van der Waals surface area contributed by atoms with Crippen LogP contribution in [-0.4, -0.2) is 36.1 Å². The number of anilines is 1. The predicted molar refractivity (Wildman–Crippen MR) is 70.5 cm³/mol. The maximum Gasteiger partial charge on any atom is 0.328 e. The van der Waals surface area contributed by atoms with E-state index in [1.54, 1.807) is 0 Å². The molecule has 0 bridgehead atoms. The lowest BCUT2D eigenvalue weighted by Gasteiger charge is -2.25. The lowest BCUT2D eigenvalue weighted by atomic mass is 10.2. The minimum atomic E-state index is -1.01. The van der Waals surface area contributed by atoms with Gasteiger partial charge >= 0.3 is 5.97 Å². The standard InChI is InChI=1S/C12H13BrN2O3/c13-8-3-1-2-4-10(8)15-6-5-11(16)14-9(7-15)12(17)18/h1-4,9H,5-7H2,(H,14,16)(H,17,18). The predicted octanol–water partition coefficient (Wildman–Crippen LogP) is 1.23. The third kappa shape index (κ3) is 2.81. The van der Waals surface area contributed by atoms with E-state index in [1.807, 2.05) is 29.2 Å². The van der Waals surface area contributed by atoms with E-state index < -0.39 is 12.0 Å². The number of nitrogens with one attached hydrogen (secondary N) is 1. The summed E-state index contributed by atoms with van der Waals surface area (Å²) in [7, 11) is 0. The molecule has 0 radical (unpaired) electrons.